The Balaban J connectivity index is 1.50. The maximum Gasteiger partial charge on any atom is 0.334 e. The van der Waals surface area contributed by atoms with Crippen LogP contribution in [0.25, 0.3) is 10.8 Å². The van der Waals surface area contributed by atoms with E-state index < -0.39 is 30.3 Å². The first kappa shape index (κ1) is 19.1. The van der Waals surface area contributed by atoms with Gasteiger partial charge in [0.2, 0.25) is 5.91 Å². The monoisotopic (exact) mass is 393 g/mol. The predicted molar refractivity (Wildman–Crippen MR) is 108 cm³/mol. The molecule has 0 bridgehead atoms. The van der Waals surface area contributed by atoms with Crippen molar-refractivity contribution in [2.45, 2.75) is 38.6 Å². The molecule has 2 fully saturated rings. The van der Waals surface area contributed by atoms with Crippen molar-refractivity contribution >= 4 is 40.2 Å². The summed E-state index contributed by atoms with van der Waals surface area (Å²) in [6.07, 6.45) is 3.58. The summed E-state index contributed by atoms with van der Waals surface area (Å²) >= 11 is 0. The second-order valence-electron chi connectivity index (χ2n) is 7.75. The molecular weight excluding hydrogens is 370 g/mol. The molecule has 1 saturated carbocycles. The van der Waals surface area contributed by atoms with E-state index in [-0.39, 0.29) is 12.0 Å². The molecule has 4 rings (SSSR count). The van der Waals surface area contributed by atoms with Gasteiger partial charge in [-0.15, -0.1) is 0 Å². The molecule has 29 heavy (non-hydrogen) atoms. The van der Waals surface area contributed by atoms with Crippen LogP contribution < -0.4 is 5.32 Å². The van der Waals surface area contributed by atoms with Crippen molar-refractivity contribution in [3.8, 4) is 0 Å². The second kappa shape index (κ2) is 7.66. The van der Waals surface area contributed by atoms with Gasteiger partial charge in [0.1, 0.15) is 6.54 Å². The number of imide groups is 2. The average Bonchev–Trinajstić information content (AvgIpc) is 2.92. The molecule has 1 heterocycles. The Bertz CT molecular complexity index is 997. The molecule has 1 saturated heterocycles. The van der Waals surface area contributed by atoms with E-state index in [9.17, 15) is 19.2 Å². The van der Waals surface area contributed by atoms with E-state index in [4.69, 9.17) is 0 Å². The Morgan fingerprint density at radius 2 is 1.72 bits per heavy atom. The fourth-order valence-corrected chi connectivity index (χ4v) is 4.30. The zero-order valence-corrected chi connectivity index (χ0v) is 16.3. The number of carbonyl (C=O) groups is 4. The number of fused-ring (bicyclic) bond motifs is 1. The lowest BCUT2D eigenvalue weighted by Crippen LogP contribution is -2.46. The molecule has 1 aliphatic carbocycles. The number of amides is 5. The summed E-state index contributed by atoms with van der Waals surface area (Å²) in [5.41, 5.74) is 0.594. The molecule has 5 amide bonds. The number of nitrogens with zero attached hydrogens (tertiary/aromatic N) is 2. The number of nitrogens with one attached hydrogen (secondary N) is 1. The summed E-state index contributed by atoms with van der Waals surface area (Å²) in [5, 5.41) is 4.58. The van der Waals surface area contributed by atoms with Crippen LogP contribution in [0.3, 0.4) is 0 Å². The molecule has 2 aliphatic rings. The smallest absolute Gasteiger partial charge is 0.324 e. The van der Waals surface area contributed by atoms with Gasteiger partial charge in [-0.3, -0.25) is 19.3 Å². The van der Waals surface area contributed by atoms with Crippen LogP contribution in [0, 0.1) is 5.92 Å². The summed E-state index contributed by atoms with van der Waals surface area (Å²) < 4.78 is 0. The molecular formula is C22H23N3O4. The van der Waals surface area contributed by atoms with Crippen LogP contribution in [-0.4, -0.2) is 46.1 Å². The van der Waals surface area contributed by atoms with Crippen molar-refractivity contribution in [2.75, 3.05) is 11.9 Å². The third kappa shape index (κ3) is 3.48. The lowest BCUT2D eigenvalue weighted by molar-refractivity contribution is -0.145. The first-order chi connectivity index (χ1) is 14.0. The lowest BCUT2D eigenvalue weighted by Gasteiger charge is -2.34. The van der Waals surface area contributed by atoms with Gasteiger partial charge in [0.15, 0.2) is 0 Å². The molecule has 1 N–H and O–H groups in total. The summed E-state index contributed by atoms with van der Waals surface area (Å²) in [6.45, 7) is 1.51. The molecule has 150 valence electrons. The maximum absolute atomic E-state index is 12.8. The van der Waals surface area contributed by atoms with E-state index in [1.807, 2.05) is 43.3 Å². The standard InChI is InChI=1S/C22H23N3O4/c1-14-7-2-5-12-18(14)25-21(28)20(27)24(22(25)29)13-19(26)23-17-11-6-9-15-8-3-4-10-16(15)17/h3-4,6,8-11,14,18H,2,5,7,12-13H2,1H3,(H,23,26)/t14-,18+/m0/s1. The Morgan fingerprint density at radius 1 is 1.00 bits per heavy atom. The molecule has 0 aromatic heterocycles. The predicted octanol–water partition coefficient (Wildman–Crippen LogP) is 3.15. The van der Waals surface area contributed by atoms with Crippen LogP contribution in [0.15, 0.2) is 42.5 Å². The number of rotatable bonds is 4. The highest BCUT2D eigenvalue weighted by atomic mass is 16.2. The Labute approximate surface area is 168 Å². The third-order valence-electron chi connectivity index (χ3n) is 5.85. The zero-order valence-electron chi connectivity index (χ0n) is 16.3. The average molecular weight is 393 g/mol. The molecule has 1 aliphatic heterocycles. The lowest BCUT2D eigenvalue weighted by atomic mass is 9.85. The van der Waals surface area contributed by atoms with Gasteiger partial charge in [-0.2, -0.15) is 0 Å². The highest BCUT2D eigenvalue weighted by Crippen LogP contribution is 2.31. The van der Waals surface area contributed by atoms with Gasteiger partial charge in [-0.25, -0.2) is 9.69 Å². The molecule has 0 unspecified atom stereocenters. The van der Waals surface area contributed by atoms with Crippen molar-refractivity contribution in [1.82, 2.24) is 9.80 Å². The summed E-state index contributed by atoms with van der Waals surface area (Å²) in [4.78, 5) is 52.1. The maximum atomic E-state index is 12.8. The topological polar surface area (TPSA) is 86.8 Å². The zero-order chi connectivity index (χ0) is 20.5. The number of urea groups is 1. The molecule has 2 atom stereocenters. The fraction of sp³-hybridized carbons (Fsp3) is 0.364. The summed E-state index contributed by atoms with van der Waals surface area (Å²) in [7, 11) is 0. The van der Waals surface area contributed by atoms with Crippen molar-refractivity contribution in [2.24, 2.45) is 5.92 Å². The third-order valence-corrected chi connectivity index (χ3v) is 5.85. The van der Waals surface area contributed by atoms with E-state index in [0.29, 0.717) is 12.1 Å². The second-order valence-corrected chi connectivity index (χ2v) is 7.75. The molecule has 7 nitrogen and oxygen atoms in total. The van der Waals surface area contributed by atoms with Gasteiger partial charge in [0.05, 0.1) is 0 Å². The first-order valence-corrected chi connectivity index (χ1v) is 9.94. The van der Waals surface area contributed by atoms with Crippen LogP contribution in [0.5, 0.6) is 0 Å². The minimum atomic E-state index is -0.930. The van der Waals surface area contributed by atoms with E-state index in [1.54, 1.807) is 6.07 Å². The van der Waals surface area contributed by atoms with E-state index >= 15 is 0 Å². The van der Waals surface area contributed by atoms with Crippen LogP contribution in [-0.2, 0) is 14.4 Å². The van der Waals surface area contributed by atoms with Crippen molar-refractivity contribution in [3.63, 3.8) is 0 Å². The number of benzene rings is 2. The first-order valence-electron chi connectivity index (χ1n) is 9.94. The van der Waals surface area contributed by atoms with Crippen LogP contribution >= 0.6 is 0 Å². The number of hydrogen-bond donors (Lipinski definition) is 1. The van der Waals surface area contributed by atoms with Gasteiger partial charge in [-0.1, -0.05) is 56.2 Å². The molecule has 0 spiro atoms. The van der Waals surface area contributed by atoms with Gasteiger partial charge >= 0.3 is 17.8 Å². The minimum Gasteiger partial charge on any atom is -0.324 e. The highest BCUT2D eigenvalue weighted by molar-refractivity contribution is 6.45. The Hall–Kier alpha value is -3.22. The van der Waals surface area contributed by atoms with Gasteiger partial charge in [0, 0.05) is 17.1 Å². The van der Waals surface area contributed by atoms with Gasteiger partial charge in [0.25, 0.3) is 0 Å². The fourth-order valence-electron chi connectivity index (χ4n) is 4.30. The van der Waals surface area contributed by atoms with Crippen molar-refractivity contribution in [3.05, 3.63) is 42.5 Å². The van der Waals surface area contributed by atoms with Crippen LogP contribution in [0.2, 0.25) is 0 Å². The van der Waals surface area contributed by atoms with E-state index in [0.717, 1.165) is 39.8 Å². The minimum absolute atomic E-state index is 0.147. The van der Waals surface area contributed by atoms with E-state index in [1.165, 1.54) is 0 Å². The van der Waals surface area contributed by atoms with Crippen molar-refractivity contribution in [1.29, 1.82) is 0 Å². The summed E-state index contributed by atoms with van der Waals surface area (Å²) in [5.74, 6) is -2.13. The molecule has 2 aromatic carbocycles. The van der Waals surface area contributed by atoms with E-state index in [2.05, 4.69) is 5.32 Å². The highest BCUT2D eigenvalue weighted by Gasteiger charge is 2.49. The number of carbonyl (C=O) groups excluding carboxylic acids is 4. The molecule has 0 radical (unpaired) electrons. The van der Waals surface area contributed by atoms with Crippen molar-refractivity contribution < 1.29 is 19.2 Å². The van der Waals surface area contributed by atoms with Gasteiger partial charge in [-0.05, 0) is 30.2 Å². The van der Waals surface area contributed by atoms with Crippen LogP contribution in [0.1, 0.15) is 32.6 Å². The normalized spacial score (nSPS) is 22.4. The quantitative estimate of drug-likeness (QED) is 0.639. The van der Waals surface area contributed by atoms with Crippen LogP contribution in [0.4, 0.5) is 10.5 Å². The number of hydrogen-bond acceptors (Lipinski definition) is 4. The molecule has 7 heteroatoms. The largest absolute Gasteiger partial charge is 0.334 e. The Morgan fingerprint density at radius 3 is 2.52 bits per heavy atom. The van der Waals surface area contributed by atoms with Gasteiger partial charge < -0.3 is 5.32 Å². The number of anilines is 1. The Kier molecular flexibility index (Phi) is 5.05. The molecule has 2 aromatic rings. The summed E-state index contributed by atoms with van der Waals surface area (Å²) in [6, 6.07) is 12.1. The SMILES string of the molecule is C[C@H]1CCCC[C@H]1N1C(=O)C(=O)N(CC(=O)Nc2cccc3ccccc23)C1=O.